The third-order valence-electron chi connectivity index (χ3n) is 2.18. The summed E-state index contributed by atoms with van der Waals surface area (Å²) in [4.78, 5) is 22.9. The molecule has 0 bridgehead atoms. The molecule has 0 aromatic heterocycles. The van der Waals surface area contributed by atoms with Gasteiger partial charge in [-0.3, -0.25) is 4.90 Å². The molecule has 0 aromatic carbocycles. The number of methoxy groups -OCH3 is 1. The third-order valence-corrected chi connectivity index (χ3v) is 2.18. The summed E-state index contributed by atoms with van der Waals surface area (Å²) in [5.74, 6) is -1.20. The summed E-state index contributed by atoms with van der Waals surface area (Å²) in [6.07, 6.45) is 1.50. The molecule has 1 rings (SSSR count). The fraction of sp³-hybridized carbons (Fsp3) is 0.750. The molecule has 5 heteroatoms. The molecule has 1 amide bonds. The first-order valence-electron chi connectivity index (χ1n) is 4.22. The van der Waals surface area contributed by atoms with Crippen molar-refractivity contribution in [3.63, 3.8) is 0 Å². The first-order valence-corrected chi connectivity index (χ1v) is 4.22. The highest BCUT2D eigenvalue weighted by atomic mass is 16.5. The number of carbonyl (C=O) groups is 2. The van der Waals surface area contributed by atoms with Gasteiger partial charge in [-0.05, 0) is 19.3 Å². The number of aliphatic carboxylic acids is 1. The molecule has 1 heterocycles. The number of carbonyl (C=O) groups excluding carboxylic acids is 2. The van der Waals surface area contributed by atoms with Crippen molar-refractivity contribution in [2.24, 2.45) is 0 Å². The van der Waals surface area contributed by atoms with Crippen LogP contribution >= 0.6 is 0 Å². The van der Waals surface area contributed by atoms with Crippen molar-refractivity contribution in [2.45, 2.75) is 25.3 Å². The monoisotopic (exact) mass is 186 g/mol. The Labute approximate surface area is 76.3 Å². The second kappa shape index (κ2) is 4.11. The number of hydrogen-bond acceptors (Lipinski definition) is 4. The van der Waals surface area contributed by atoms with Gasteiger partial charge in [-0.15, -0.1) is 0 Å². The Balaban J connectivity index is 2.67. The molecule has 0 aliphatic carbocycles. The number of likely N-dealkylation sites (tertiary alicyclic amines) is 1. The average molecular weight is 186 g/mol. The van der Waals surface area contributed by atoms with Gasteiger partial charge in [-0.2, -0.15) is 0 Å². The highest BCUT2D eigenvalue weighted by Gasteiger charge is 2.27. The molecule has 13 heavy (non-hydrogen) atoms. The maximum Gasteiger partial charge on any atom is 0.410 e. The second-order valence-corrected chi connectivity index (χ2v) is 2.99. The molecule has 74 valence electrons. The van der Waals surface area contributed by atoms with Crippen molar-refractivity contribution in [3.8, 4) is 0 Å². The van der Waals surface area contributed by atoms with Crippen LogP contribution in [0.25, 0.3) is 0 Å². The molecule has 1 aliphatic heterocycles. The van der Waals surface area contributed by atoms with Crippen LogP contribution in [0.5, 0.6) is 0 Å². The Morgan fingerprint density at radius 1 is 1.46 bits per heavy atom. The highest BCUT2D eigenvalue weighted by molar-refractivity contribution is 5.78. The number of ether oxygens (including phenoxy) is 1. The normalized spacial score (nSPS) is 22.5. The number of hydrogen-bond donors (Lipinski definition) is 0. The van der Waals surface area contributed by atoms with Gasteiger partial charge in [0, 0.05) is 6.54 Å². The van der Waals surface area contributed by atoms with E-state index in [1.165, 1.54) is 12.0 Å². The standard InChI is InChI=1S/C8H13NO4/c1-13-8(12)9-5-3-2-4-6(9)7(10)11/h6H,2-5H2,1H3,(H,10,11)/p-1. The summed E-state index contributed by atoms with van der Waals surface area (Å²) in [7, 11) is 1.24. The van der Waals surface area contributed by atoms with Crippen molar-refractivity contribution in [3.05, 3.63) is 0 Å². The van der Waals surface area contributed by atoms with Gasteiger partial charge in [0.1, 0.15) is 0 Å². The van der Waals surface area contributed by atoms with Gasteiger partial charge in [0.15, 0.2) is 0 Å². The third kappa shape index (κ3) is 2.11. The van der Waals surface area contributed by atoms with E-state index in [2.05, 4.69) is 4.74 Å². The minimum absolute atomic E-state index is 0.436. The number of carboxylic acids is 1. The smallest absolute Gasteiger partial charge is 0.410 e. The van der Waals surface area contributed by atoms with E-state index in [-0.39, 0.29) is 0 Å². The molecule has 0 radical (unpaired) electrons. The summed E-state index contributed by atoms with van der Waals surface area (Å²) in [6, 6.07) is -0.818. The predicted octanol–water partition coefficient (Wildman–Crippen LogP) is -0.643. The maximum absolute atomic E-state index is 11.1. The van der Waals surface area contributed by atoms with Gasteiger partial charge in [0.2, 0.25) is 0 Å². The summed E-state index contributed by atoms with van der Waals surface area (Å²) in [6.45, 7) is 0.436. The minimum Gasteiger partial charge on any atom is -0.548 e. The molecular weight excluding hydrogens is 174 g/mol. The van der Waals surface area contributed by atoms with E-state index in [9.17, 15) is 14.7 Å². The Bertz CT molecular complexity index is 216. The number of amides is 1. The van der Waals surface area contributed by atoms with E-state index in [4.69, 9.17) is 0 Å². The zero-order chi connectivity index (χ0) is 9.84. The quantitative estimate of drug-likeness (QED) is 0.546. The Kier molecular flexibility index (Phi) is 3.11. The van der Waals surface area contributed by atoms with Crippen molar-refractivity contribution in [1.82, 2.24) is 4.90 Å². The van der Waals surface area contributed by atoms with Crippen LogP contribution in [-0.4, -0.2) is 36.7 Å². The second-order valence-electron chi connectivity index (χ2n) is 2.99. The lowest BCUT2D eigenvalue weighted by molar-refractivity contribution is -0.311. The zero-order valence-electron chi connectivity index (χ0n) is 7.49. The molecule has 1 saturated heterocycles. The molecule has 1 aliphatic rings. The van der Waals surface area contributed by atoms with Gasteiger partial charge in [-0.1, -0.05) is 0 Å². The van der Waals surface area contributed by atoms with Gasteiger partial charge >= 0.3 is 6.09 Å². The van der Waals surface area contributed by atoms with E-state index in [0.717, 1.165) is 12.8 Å². The van der Waals surface area contributed by atoms with Crippen LogP contribution in [-0.2, 0) is 9.53 Å². The van der Waals surface area contributed by atoms with Crippen LogP contribution in [0, 0.1) is 0 Å². The molecular formula is C8H12NO4-. The van der Waals surface area contributed by atoms with E-state index in [1.807, 2.05) is 0 Å². The zero-order valence-corrected chi connectivity index (χ0v) is 7.49. The summed E-state index contributed by atoms with van der Waals surface area (Å²) < 4.78 is 4.47. The van der Waals surface area contributed by atoms with Crippen LogP contribution in [0.2, 0.25) is 0 Å². The predicted molar refractivity (Wildman–Crippen MR) is 41.8 cm³/mol. The van der Waals surface area contributed by atoms with Crippen LogP contribution in [0.4, 0.5) is 4.79 Å². The SMILES string of the molecule is COC(=O)N1CCCCC1C(=O)[O-]. The van der Waals surface area contributed by atoms with Crippen molar-refractivity contribution >= 4 is 12.1 Å². The largest absolute Gasteiger partial charge is 0.548 e. The first kappa shape index (κ1) is 9.83. The molecule has 1 atom stereocenters. The summed E-state index contributed by atoms with van der Waals surface area (Å²) >= 11 is 0. The van der Waals surface area contributed by atoms with Crippen molar-refractivity contribution in [1.29, 1.82) is 0 Å². The lowest BCUT2D eigenvalue weighted by atomic mass is 10.0. The fourth-order valence-corrected chi connectivity index (χ4v) is 1.51. The maximum atomic E-state index is 11.1. The molecule has 0 N–H and O–H groups in total. The first-order chi connectivity index (χ1) is 6.16. The van der Waals surface area contributed by atoms with Crippen LogP contribution in [0.15, 0.2) is 0 Å². The highest BCUT2D eigenvalue weighted by Crippen LogP contribution is 2.17. The molecule has 5 nitrogen and oxygen atoms in total. The summed E-state index contributed by atoms with van der Waals surface area (Å²) in [5.41, 5.74) is 0. The Morgan fingerprint density at radius 2 is 2.15 bits per heavy atom. The Morgan fingerprint density at radius 3 is 2.69 bits per heavy atom. The topological polar surface area (TPSA) is 69.7 Å². The number of piperidine rings is 1. The van der Waals surface area contributed by atoms with Crippen molar-refractivity contribution in [2.75, 3.05) is 13.7 Å². The minimum atomic E-state index is -1.20. The van der Waals surface area contributed by atoms with Gasteiger partial charge < -0.3 is 14.6 Å². The van der Waals surface area contributed by atoms with E-state index in [0.29, 0.717) is 13.0 Å². The van der Waals surface area contributed by atoms with Gasteiger partial charge in [0.05, 0.1) is 19.1 Å². The van der Waals surface area contributed by atoms with E-state index >= 15 is 0 Å². The van der Waals surface area contributed by atoms with Crippen LogP contribution < -0.4 is 5.11 Å². The molecule has 1 unspecified atom stereocenters. The Hall–Kier alpha value is -1.26. The fourth-order valence-electron chi connectivity index (χ4n) is 1.51. The average Bonchev–Trinajstić information content (AvgIpc) is 2.16. The molecule has 1 fully saturated rings. The molecule has 0 saturated carbocycles. The summed E-state index contributed by atoms with van der Waals surface area (Å²) in [5, 5.41) is 10.6. The molecule has 0 spiro atoms. The number of carboxylic acid groups (broad SMARTS) is 1. The number of nitrogens with zero attached hydrogens (tertiary/aromatic N) is 1. The van der Waals surface area contributed by atoms with Crippen molar-refractivity contribution < 1.29 is 19.4 Å². The van der Waals surface area contributed by atoms with Crippen LogP contribution in [0.3, 0.4) is 0 Å². The van der Waals surface area contributed by atoms with Crippen LogP contribution in [0.1, 0.15) is 19.3 Å². The molecule has 0 aromatic rings. The lowest BCUT2D eigenvalue weighted by Gasteiger charge is -2.34. The van der Waals surface area contributed by atoms with Gasteiger partial charge in [0.25, 0.3) is 0 Å². The number of rotatable bonds is 1. The van der Waals surface area contributed by atoms with Gasteiger partial charge in [-0.25, -0.2) is 4.79 Å². The van der Waals surface area contributed by atoms with E-state index in [1.54, 1.807) is 0 Å². The lowest BCUT2D eigenvalue weighted by Crippen LogP contribution is -2.52. The van der Waals surface area contributed by atoms with E-state index < -0.39 is 18.1 Å².